The van der Waals surface area contributed by atoms with Crippen LogP contribution < -0.4 is 0 Å². The molecule has 0 unspecified atom stereocenters. The first-order valence-corrected chi connectivity index (χ1v) is 8.99. The molecule has 0 atom stereocenters. The first-order chi connectivity index (χ1) is 12.2. The van der Waals surface area contributed by atoms with Gasteiger partial charge in [-0.25, -0.2) is 9.79 Å². The number of likely N-dealkylation sites (N-methyl/N-ethyl adjacent to an activating group) is 1. The SMILES string of the molecule is COC(=O)c1cc2c(o1)Sc1ccccc1N=C2N1CCN(C)CC1. The van der Waals surface area contributed by atoms with Gasteiger partial charge in [0, 0.05) is 37.1 Å². The number of methoxy groups -OCH3 is 1. The highest BCUT2D eigenvalue weighted by molar-refractivity contribution is 7.99. The second-order valence-electron chi connectivity index (χ2n) is 6.10. The maximum absolute atomic E-state index is 11.9. The lowest BCUT2D eigenvalue weighted by Crippen LogP contribution is -2.47. The van der Waals surface area contributed by atoms with Crippen LogP contribution in [0, 0.1) is 0 Å². The molecule has 0 radical (unpaired) electrons. The van der Waals surface area contributed by atoms with Gasteiger partial charge in [0.05, 0.1) is 18.4 Å². The molecule has 7 heteroatoms. The summed E-state index contributed by atoms with van der Waals surface area (Å²) in [5.41, 5.74) is 1.78. The highest BCUT2D eigenvalue weighted by atomic mass is 32.2. The Labute approximate surface area is 150 Å². The molecule has 0 spiro atoms. The molecule has 1 aromatic carbocycles. The largest absolute Gasteiger partial charge is 0.463 e. The molecule has 6 nitrogen and oxygen atoms in total. The van der Waals surface area contributed by atoms with E-state index < -0.39 is 5.97 Å². The minimum atomic E-state index is -0.473. The monoisotopic (exact) mass is 357 g/mol. The van der Waals surface area contributed by atoms with Crippen LogP contribution in [0.2, 0.25) is 0 Å². The third-order valence-electron chi connectivity index (χ3n) is 4.42. The Balaban J connectivity index is 1.81. The van der Waals surface area contributed by atoms with Crippen LogP contribution in [0.25, 0.3) is 0 Å². The minimum absolute atomic E-state index is 0.209. The zero-order valence-corrected chi connectivity index (χ0v) is 15.0. The molecule has 4 rings (SSSR count). The topological polar surface area (TPSA) is 58.3 Å². The summed E-state index contributed by atoms with van der Waals surface area (Å²) in [7, 11) is 3.48. The van der Waals surface area contributed by atoms with Crippen LogP contribution in [0.3, 0.4) is 0 Å². The fraction of sp³-hybridized carbons (Fsp3) is 0.333. The van der Waals surface area contributed by atoms with Gasteiger partial charge in [-0.05, 0) is 30.9 Å². The number of hydrogen-bond acceptors (Lipinski definition) is 7. The third-order valence-corrected chi connectivity index (χ3v) is 5.48. The van der Waals surface area contributed by atoms with Crippen molar-refractivity contribution in [1.29, 1.82) is 0 Å². The number of piperazine rings is 1. The Morgan fingerprint density at radius 2 is 2.00 bits per heavy atom. The second-order valence-corrected chi connectivity index (χ2v) is 7.11. The van der Waals surface area contributed by atoms with Crippen molar-refractivity contribution in [2.24, 2.45) is 4.99 Å². The summed E-state index contributed by atoms with van der Waals surface area (Å²) in [5, 5.41) is 0.683. The molecule has 2 aromatic rings. The normalized spacial score (nSPS) is 17.4. The summed E-state index contributed by atoms with van der Waals surface area (Å²) >= 11 is 1.49. The quantitative estimate of drug-likeness (QED) is 0.732. The molecule has 0 saturated carbocycles. The first kappa shape index (κ1) is 16.2. The summed E-state index contributed by atoms with van der Waals surface area (Å²) in [6.07, 6.45) is 0. The Hall–Kier alpha value is -2.25. The Morgan fingerprint density at radius 1 is 1.24 bits per heavy atom. The van der Waals surface area contributed by atoms with Crippen molar-refractivity contribution in [2.75, 3.05) is 40.3 Å². The lowest BCUT2D eigenvalue weighted by atomic mass is 10.2. The van der Waals surface area contributed by atoms with Crippen LogP contribution in [-0.4, -0.2) is 61.9 Å². The number of benzene rings is 1. The Bertz CT molecular complexity index is 838. The van der Waals surface area contributed by atoms with E-state index in [4.69, 9.17) is 14.1 Å². The van der Waals surface area contributed by atoms with Gasteiger partial charge < -0.3 is 19.0 Å². The fourth-order valence-electron chi connectivity index (χ4n) is 2.98. The van der Waals surface area contributed by atoms with Crippen molar-refractivity contribution in [2.45, 2.75) is 9.99 Å². The number of carbonyl (C=O) groups excluding carboxylic acids is 1. The zero-order valence-electron chi connectivity index (χ0n) is 14.2. The van der Waals surface area contributed by atoms with E-state index in [0.717, 1.165) is 48.2 Å². The smallest absolute Gasteiger partial charge is 0.374 e. The van der Waals surface area contributed by atoms with Gasteiger partial charge in [-0.3, -0.25) is 0 Å². The molecule has 1 fully saturated rings. The summed E-state index contributed by atoms with van der Waals surface area (Å²) < 4.78 is 10.6. The van der Waals surface area contributed by atoms with Crippen molar-refractivity contribution >= 4 is 29.3 Å². The molecule has 0 bridgehead atoms. The average Bonchev–Trinajstić information content (AvgIpc) is 2.98. The van der Waals surface area contributed by atoms with Gasteiger partial charge in [-0.15, -0.1) is 0 Å². The number of furan rings is 1. The van der Waals surface area contributed by atoms with Gasteiger partial charge in [-0.2, -0.15) is 0 Å². The zero-order chi connectivity index (χ0) is 17.4. The molecule has 130 valence electrons. The van der Waals surface area contributed by atoms with Crippen LogP contribution in [0.4, 0.5) is 5.69 Å². The summed E-state index contributed by atoms with van der Waals surface area (Å²) in [6, 6.07) is 9.73. The van der Waals surface area contributed by atoms with E-state index in [2.05, 4.69) is 16.8 Å². The molecule has 1 saturated heterocycles. The standard InChI is InChI=1S/C18H19N3O3S/c1-20-7-9-21(10-8-20)16-12-11-14(17(22)23-2)24-18(12)25-15-6-4-3-5-13(15)19-16/h3-6,11H,7-10H2,1-2H3. The lowest BCUT2D eigenvalue weighted by Gasteiger charge is -2.34. The highest BCUT2D eigenvalue weighted by Gasteiger charge is 2.29. The van der Waals surface area contributed by atoms with Gasteiger partial charge in [0.2, 0.25) is 5.76 Å². The van der Waals surface area contributed by atoms with Crippen LogP contribution in [0.1, 0.15) is 16.1 Å². The summed E-state index contributed by atoms with van der Waals surface area (Å²) in [6.45, 7) is 3.73. The van der Waals surface area contributed by atoms with E-state index in [9.17, 15) is 4.79 Å². The van der Waals surface area contributed by atoms with E-state index in [1.165, 1.54) is 18.9 Å². The molecule has 1 aromatic heterocycles. The first-order valence-electron chi connectivity index (χ1n) is 8.17. The number of esters is 1. The number of para-hydroxylation sites is 1. The molecular formula is C18H19N3O3S. The van der Waals surface area contributed by atoms with Gasteiger partial charge >= 0.3 is 5.97 Å². The summed E-state index contributed by atoms with van der Waals surface area (Å²) in [4.78, 5) is 22.4. The van der Waals surface area contributed by atoms with Crippen molar-refractivity contribution in [3.63, 3.8) is 0 Å². The highest BCUT2D eigenvalue weighted by Crippen LogP contribution is 2.42. The predicted octanol–water partition coefficient (Wildman–Crippen LogP) is 2.86. The van der Waals surface area contributed by atoms with E-state index in [0.29, 0.717) is 5.09 Å². The molecule has 2 aliphatic heterocycles. The second kappa shape index (κ2) is 6.57. The van der Waals surface area contributed by atoms with E-state index >= 15 is 0 Å². The number of fused-ring (bicyclic) bond motifs is 2. The fourth-order valence-corrected chi connectivity index (χ4v) is 3.93. The van der Waals surface area contributed by atoms with Crippen LogP contribution in [-0.2, 0) is 4.74 Å². The molecule has 2 aliphatic rings. The number of hydrogen-bond donors (Lipinski definition) is 0. The van der Waals surface area contributed by atoms with Crippen LogP contribution in [0.5, 0.6) is 0 Å². The number of amidine groups is 1. The van der Waals surface area contributed by atoms with Gasteiger partial charge in [0.15, 0.2) is 5.09 Å². The van der Waals surface area contributed by atoms with Crippen molar-refractivity contribution in [3.05, 3.63) is 41.7 Å². The number of ether oxygens (including phenoxy) is 1. The maximum atomic E-state index is 11.9. The van der Waals surface area contributed by atoms with Crippen molar-refractivity contribution in [1.82, 2.24) is 9.80 Å². The molecule has 25 heavy (non-hydrogen) atoms. The predicted molar refractivity (Wildman–Crippen MR) is 95.9 cm³/mol. The lowest BCUT2D eigenvalue weighted by molar-refractivity contribution is 0.0559. The van der Waals surface area contributed by atoms with E-state index in [1.807, 2.05) is 24.3 Å². The minimum Gasteiger partial charge on any atom is -0.463 e. The molecule has 0 amide bonds. The van der Waals surface area contributed by atoms with Crippen molar-refractivity contribution in [3.8, 4) is 0 Å². The van der Waals surface area contributed by atoms with Crippen LogP contribution in [0.15, 0.2) is 49.7 Å². The number of nitrogens with zero attached hydrogens (tertiary/aromatic N) is 3. The maximum Gasteiger partial charge on any atom is 0.374 e. The van der Waals surface area contributed by atoms with Crippen LogP contribution >= 0.6 is 11.8 Å². The Morgan fingerprint density at radius 3 is 2.76 bits per heavy atom. The molecule has 3 heterocycles. The Kier molecular flexibility index (Phi) is 4.27. The summed E-state index contributed by atoms with van der Waals surface area (Å²) in [5.74, 6) is 0.598. The molecule has 0 aliphatic carbocycles. The third kappa shape index (κ3) is 3.05. The molecular weight excluding hydrogens is 338 g/mol. The number of aliphatic imine (C=N–C) groups is 1. The number of rotatable bonds is 1. The van der Waals surface area contributed by atoms with Gasteiger partial charge in [-0.1, -0.05) is 12.1 Å². The van der Waals surface area contributed by atoms with E-state index in [1.54, 1.807) is 6.07 Å². The average molecular weight is 357 g/mol. The van der Waals surface area contributed by atoms with E-state index in [-0.39, 0.29) is 5.76 Å². The van der Waals surface area contributed by atoms with Gasteiger partial charge in [0.25, 0.3) is 0 Å². The number of carbonyl (C=O) groups is 1. The van der Waals surface area contributed by atoms with Gasteiger partial charge in [0.1, 0.15) is 5.84 Å². The molecule has 0 N–H and O–H groups in total. The van der Waals surface area contributed by atoms with Crippen molar-refractivity contribution < 1.29 is 13.9 Å².